The second-order valence-corrected chi connectivity index (χ2v) is 4.28. The summed E-state index contributed by atoms with van der Waals surface area (Å²) in [5.74, 6) is -2.46. The molecule has 0 spiro atoms. The van der Waals surface area contributed by atoms with E-state index in [-0.39, 0.29) is 11.1 Å². The minimum atomic E-state index is -1.23. The fourth-order valence-electron chi connectivity index (χ4n) is 0.856. The van der Waals surface area contributed by atoms with Crippen LogP contribution in [0, 0.1) is 0 Å². The standard InChI is InChI=1S/C8H6O4.C2H8Si/c9-7(10)5-3-1-2-4-6(5)8(11)12;1-3-2/h1-4H,(H,9,10)(H,11,12);3H2,1-2H3. The van der Waals surface area contributed by atoms with Crippen molar-refractivity contribution in [3.63, 3.8) is 0 Å². The first kappa shape index (κ1) is 13.4. The van der Waals surface area contributed by atoms with E-state index in [1.807, 2.05) is 0 Å². The normalized spacial score (nSPS) is 8.67. The Morgan fingerprint density at radius 3 is 1.47 bits per heavy atom. The van der Waals surface area contributed by atoms with Gasteiger partial charge in [-0.1, -0.05) is 25.2 Å². The van der Waals surface area contributed by atoms with Gasteiger partial charge in [-0.2, -0.15) is 0 Å². The van der Waals surface area contributed by atoms with E-state index in [1.165, 1.54) is 24.3 Å². The van der Waals surface area contributed by atoms with E-state index in [0.717, 1.165) is 0 Å². The summed E-state index contributed by atoms with van der Waals surface area (Å²) in [4.78, 5) is 20.9. The van der Waals surface area contributed by atoms with E-state index in [0.29, 0.717) is 9.52 Å². The van der Waals surface area contributed by atoms with Gasteiger partial charge in [0.2, 0.25) is 0 Å². The van der Waals surface area contributed by atoms with E-state index in [1.54, 1.807) is 0 Å². The molecule has 0 heterocycles. The summed E-state index contributed by atoms with van der Waals surface area (Å²) in [6.07, 6.45) is 0. The molecule has 1 rings (SSSR count). The van der Waals surface area contributed by atoms with Crippen LogP contribution in [0.5, 0.6) is 0 Å². The van der Waals surface area contributed by atoms with Crippen molar-refractivity contribution in [3.8, 4) is 0 Å². The largest absolute Gasteiger partial charge is 0.478 e. The van der Waals surface area contributed by atoms with Gasteiger partial charge in [0, 0.05) is 9.52 Å². The lowest BCUT2D eigenvalue weighted by atomic mass is 10.1. The van der Waals surface area contributed by atoms with Crippen molar-refractivity contribution in [3.05, 3.63) is 35.4 Å². The lowest BCUT2D eigenvalue weighted by Crippen LogP contribution is -2.06. The summed E-state index contributed by atoms with van der Waals surface area (Å²) in [5, 5.41) is 17.1. The average Bonchev–Trinajstić information content (AvgIpc) is 2.19. The van der Waals surface area contributed by atoms with Gasteiger partial charge in [-0.05, 0) is 12.1 Å². The summed E-state index contributed by atoms with van der Waals surface area (Å²) < 4.78 is 0. The number of carbonyl (C=O) groups is 2. The van der Waals surface area contributed by atoms with Crippen LogP contribution in [0.2, 0.25) is 13.1 Å². The SMILES string of the molecule is C[SiH2]C.O=C(O)c1ccccc1C(=O)O. The van der Waals surface area contributed by atoms with Crippen LogP contribution in [-0.2, 0) is 0 Å². The predicted molar refractivity (Wildman–Crippen MR) is 60.6 cm³/mol. The van der Waals surface area contributed by atoms with Crippen LogP contribution in [0.25, 0.3) is 0 Å². The Hall–Kier alpha value is -1.62. The second-order valence-electron chi connectivity index (χ2n) is 2.86. The van der Waals surface area contributed by atoms with Crippen molar-refractivity contribution in [1.29, 1.82) is 0 Å². The smallest absolute Gasteiger partial charge is 0.336 e. The first-order valence-corrected chi connectivity index (χ1v) is 7.43. The summed E-state index contributed by atoms with van der Waals surface area (Å²) in [6, 6.07) is 5.48. The lowest BCUT2D eigenvalue weighted by Gasteiger charge is -1.98. The monoisotopic (exact) mass is 226 g/mol. The van der Waals surface area contributed by atoms with Gasteiger partial charge >= 0.3 is 11.9 Å². The van der Waals surface area contributed by atoms with Gasteiger partial charge in [-0.25, -0.2) is 9.59 Å². The Morgan fingerprint density at radius 2 is 1.27 bits per heavy atom. The minimum Gasteiger partial charge on any atom is -0.478 e. The quantitative estimate of drug-likeness (QED) is 0.746. The molecule has 0 unspecified atom stereocenters. The third-order valence-corrected chi connectivity index (χ3v) is 1.39. The molecule has 0 amide bonds. The Bertz CT molecular complexity index is 316. The summed E-state index contributed by atoms with van der Waals surface area (Å²) in [6.45, 7) is 4.53. The van der Waals surface area contributed by atoms with Gasteiger partial charge in [-0.3, -0.25) is 0 Å². The molecule has 0 aromatic heterocycles. The Balaban J connectivity index is 0.000000583. The maximum Gasteiger partial charge on any atom is 0.336 e. The van der Waals surface area contributed by atoms with Crippen molar-refractivity contribution >= 4 is 21.5 Å². The topological polar surface area (TPSA) is 74.6 Å². The number of aromatic carboxylic acids is 2. The van der Waals surface area contributed by atoms with Crippen LogP contribution < -0.4 is 0 Å². The Labute approximate surface area is 90.4 Å². The maximum absolute atomic E-state index is 10.5. The average molecular weight is 226 g/mol. The van der Waals surface area contributed by atoms with E-state index < -0.39 is 11.9 Å². The van der Waals surface area contributed by atoms with Crippen molar-refractivity contribution < 1.29 is 19.8 Å². The molecule has 0 radical (unpaired) electrons. The fraction of sp³-hybridized carbons (Fsp3) is 0.200. The molecular formula is C10H14O4Si. The molecule has 5 heteroatoms. The van der Waals surface area contributed by atoms with Crippen molar-refractivity contribution in [2.24, 2.45) is 0 Å². The van der Waals surface area contributed by atoms with Crippen LogP contribution in [0.1, 0.15) is 20.7 Å². The van der Waals surface area contributed by atoms with E-state index in [4.69, 9.17) is 10.2 Å². The molecule has 0 saturated carbocycles. The molecule has 0 fully saturated rings. The number of rotatable bonds is 2. The van der Waals surface area contributed by atoms with Gasteiger partial charge < -0.3 is 10.2 Å². The highest BCUT2D eigenvalue weighted by molar-refractivity contribution is 6.31. The number of carboxylic acid groups (broad SMARTS) is 2. The van der Waals surface area contributed by atoms with Crippen molar-refractivity contribution in [2.75, 3.05) is 0 Å². The highest BCUT2D eigenvalue weighted by Gasteiger charge is 2.13. The molecular weight excluding hydrogens is 212 g/mol. The van der Waals surface area contributed by atoms with E-state index in [2.05, 4.69) is 13.1 Å². The summed E-state index contributed by atoms with van der Waals surface area (Å²) in [5.41, 5.74) is -0.380. The number of benzene rings is 1. The lowest BCUT2D eigenvalue weighted by molar-refractivity contribution is 0.0651. The molecule has 0 aliphatic heterocycles. The van der Waals surface area contributed by atoms with Crippen LogP contribution in [0.3, 0.4) is 0 Å². The van der Waals surface area contributed by atoms with Gasteiger partial charge in [0.05, 0.1) is 11.1 Å². The molecule has 0 aliphatic carbocycles. The fourth-order valence-corrected chi connectivity index (χ4v) is 0.856. The van der Waals surface area contributed by atoms with Crippen LogP contribution in [-0.4, -0.2) is 31.7 Å². The summed E-state index contributed by atoms with van der Waals surface area (Å²) >= 11 is 0. The van der Waals surface area contributed by atoms with Crippen LogP contribution in [0.15, 0.2) is 24.3 Å². The third kappa shape index (κ3) is 4.41. The van der Waals surface area contributed by atoms with Gasteiger partial charge in [0.1, 0.15) is 0 Å². The molecule has 2 N–H and O–H groups in total. The van der Waals surface area contributed by atoms with Gasteiger partial charge in [0.25, 0.3) is 0 Å². The second kappa shape index (κ2) is 6.78. The number of carboxylic acids is 2. The molecule has 1 aromatic carbocycles. The van der Waals surface area contributed by atoms with E-state index in [9.17, 15) is 9.59 Å². The molecule has 0 atom stereocenters. The van der Waals surface area contributed by atoms with Gasteiger partial charge in [-0.15, -0.1) is 0 Å². The van der Waals surface area contributed by atoms with Crippen molar-refractivity contribution in [1.82, 2.24) is 0 Å². The molecule has 15 heavy (non-hydrogen) atoms. The van der Waals surface area contributed by atoms with Crippen LogP contribution in [0.4, 0.5) is 0 Å². The maximum atomic E-state index is 10.5. The molecule has 4 nitrogen and oxygen atoms in total. The molecule has 1 aromatic rings. The minimum absolute atomic E-state index is 0.190. The zero-order valence-corrected chi connectivity index (χ0v) is 10.1. The van der Waals surface area contributed by atoms with Gasteiger partial charge in [0.15, 0.2) is 0 Å². The third-order valence-electron chi connectivity index (χ3n) is 1.39. The Kier molecular flexibility index (Phi) is 6.04. The molecule has 0 bridgehead atoms. The summed E-state index contributed by atoms with van der Waals surface area (Å²) in [7, 11) is 0.417. The van der Waals surface area contributed by atoms with Crippen LogP contribution >= 0.6 is 0 Å². The zero-order chi connectivity index (χ0) is 11.8. The first-order chi connectivity index (χ1) is 7.04. The Morgan fingerprint density at radius 1 is 1.00 bits per heavy atom. The highest BCUT2D eigenvalue weighted by atomic mass is 28.2. The number of hydrogen-bond donors (Lipinski definition) is 2. The molecule has 0 saturated heterocycles. The van der Waals surface area contributed by atoms with Crippen molar-refractivity contribution in [2.45, 2.75) is 13.1 Å². The molecule has 0 aliphatic rings. The van der Waals surface area contributed by atoms with E-state index >= 15 is 0 Å². The molecule has 82 valence electrons. The zero-order valence-electron chi connectivity index (χ0n) is 8.73. The first-order valence-electron chi connectivity index (χ1n) is 4.60. The number of hydrogen-bond acceptors (Lipinski definition) is 2. The predicted octanol–water partition coefficient (Wildman–Crippen LogP) is 1.33. The highest BCUT2D eigenvalue weighted by Crippen LogP contribution is 2.07.